The van der Waals surface area contributed by atoms with Crippen molar-refractivity contribution in [2.45, 2.75) is 52.4 Å². The van der Waals surface area contributed by atoms with Crippen molar-refractivity contribution in [1.29, 1.82) is 0 Å². The van der Waals surface area contributed by atoms with Crippen LogP contribution in [0.5, 0.6) is 11.5 Å². The van der Waals surface area contributed by atoms with Crippen LogP contribution in [0.15, 0.2) is 65.8 Å². The lowest BCUT2D eigenvalue weighted by Crippen LogP contribution is -2.08. The number of ether oxygens (including phenoxy) is 2. The van der Waals surface area contributed by atoms with Gasteiger partial charge in [-0.25, -0.2) is 0 Å². The average molecular weight is 419 g/mol. The number of carbonyl (C=O) groups excluding carboxylic acids is 1. The lowest BCUT2D eigenvalue weighted by atomic mass is 9.87. The van der Waals surface area contributed by atoms with Crippen LogP contribution >= 0.6 is 0 Å². The average Bonchev–Trinajstić information content (AvgIpc) is 3.19. The minimum Gasteiger partial charge on any atom is -0.497 e. The van der Waals surface area contributed by atoms with Crippen molar-refractivity contribution in [1.82, 2.24) is 0 Å². The molecular weight excluding hydrogens is 384 g/mol. The van der Waals surface area contributed by atoms with Crippen molar-refractivity contribution < 1.29 is 14.3 Å². The molecule has 0 radical (unpaired) electrons. The summed E-state index contributed by atoms with van der Waals surface area (Å²) in [6, 6.07) is 14.5. The molecule has 31 heavy (non-hydrogen) atoms. The van der Waals surface area contributed by atoms with E-state index in [-0.39, 0.29) is 5.78 Å². The Labute approximate surface area is 186 Å². The standard InChI is InChI=1S/C28H34O3/c1-5-27-22(11-10-21-8-6-20(2)7-9-21)12-13-23(27)14-16-25(29)18-24-15-17-26(30-3)19-28(24)31-4/h6-9,12-13,15,17,19,27H,5,10-11,14,16,18H2,1-4H3. The molecule has 164 valence electrons. The predicted octanol–water partition coefficient (Wildman–Crippen LogP) is 6.43. The first-order valence-electron chi connectivity index (χ1n) is 11.2. The number of benzene rings is 2. The Morgan fingerprint density at radius 1 is 0.903 bits per heavy atom. The van der Waals surface area contributed by atoms with E-state index in [1.807, 2.05) is 18.2 Å². The van der Waals surface area contributed by atoms with Gasteiger partial charge in [0, 0.05) is 30.4 Å². The summed E-state index contributed by atoms with van der Waals surface area (Å²) in [5, 5.41) is 0. The molecule has 0 N–H and O–H groups in total. The van der Waals surface area contributed by atoms with Crippen LogP contribution in [0.25, 0.3) is 0 Å². The highest BCUT2D eigenvalue weighted by atomic mass is 16.5. The lowest BCUT2D eigenvalue weighted by Gasteiger charge is -2.18. The van der Waals surface area contributed by atoms with Gasteiger partial charge < -0.3 is 9.47 Å². The maximum atomic E-state index is 12.7. The van der Waals surface area contributed by atoms with Gasteiger partial charge in [0.2, 0.25) is 0 Å². The Kier molecular flexibility index (Phi) is 8.11. The third-order valence-corrected chi connectivity index (χ3v) is 6.21. The molecule has 0 heterocycles. The summed E-state index contributed by atoms with van der Waals surface area (Å²) in [6.45, 7) is 4.37. The van der Waals surface area contributed by atoms with Crippen LogP contribution in [0, 0.1) is 12.8 Å². The van der Waals surface area contributed by atoms with Gasteiger partial charge in [-0.05, 0) is 44.2 Å². The van der Waals surface area contributed by atoms with Crippen molar-refractivity contribution in [3.8, 4) is 11.5 Å². The van der Waals surface area contributed by atoms with Gasteiger partial charge in [-0.1, -0.05) is 66.1 Å². The van der Waals surface area contributed by atoms with E-state index in [9.17, 15) is 4.79 Å². The van der Waals surface area contributed by atoms with Crippen LogP contribution in [0.1, 0.15) is 49.3 Å². The molecule has 0 saturated carbocycles. The number of allylic oxidation sites excluding steroid dienone is 4. The Morgan fingerprint density at radius 3 is 2.26 bits per heavy atom. The Balaban J connectivity index is 1.51. The van der Waals surface area contributed by atoms with E-state index in [4.69, 9.17) is 9.47 Å². The molecular formula is C28H34O3. The summed E-state index contributed by atoms with van der Waals surface area (Å²) in [5.41, 5.74) is 6.51. The van der Waals surface area contributed by atoms with Gasteiger partial charge in [0.25, 0.3) is 0 Å². The molecule has 0 bridgehead atoms. The minimum atomic E-state index is 0.243. The third kappa shape index (κ3) is 6.10. The smallest absolute Gasteiger partial charge is 0.137 e. The molecule has 1 aliphatic carbocycles. The van der Waals surface area contributed by atoms with E-state index in [1.165, 1.54) is 22.3 Å². The summed E-state index contributed by atoms with van der Waals surface area (Å²) in [4.78, 5) is 12.7. The zero-order valence-electron chi connectivity index (χ0n) is 19.2. The third-order valence-electron chi connectivity index (χ3n) is 6.21. The van der Waals surface area contributed by atoms with Crippen LogP contribution in [0.3, 0.4) is 0 Å². The van der Waals surface area contributed by atoms with Gasteiger partial charge in [0.15, 0.2) is 0 Å². The SMILES string of the molecule is CCC1C(CCC(=O)Cc2ccc(OC)cc2OC)=CC=C1CCc1ccc(C)cc1. The van der Waals surface area contributed by atoms with Gasteiger partial charge in [-0.2, -0.15) is 0 Å². The van der Waals surface area contributed by atoms with E-state index in [1.54, 1.807) is 14.2 Å². The summed E-state index contributed by atoms with van der Waals surface area (Å²) >= 11 is 0. The molecule has 0 aromatic heterocycles. The number of hydrogen-bond donors (Lipinski definition) is 0. The fourth-order valence-electron chi connectivity index (χ4n) is 4.35. The molecule has 3 rings (SSSR count). The van der Waals surface area contributed by atoms with Crippen molar-refractivity contribution in [2.24, 2.45) is 5.92 Å². The number of Topliss-reactive ketones (excluding diaryl/α,β-unsaturated/α-hetero) is 1. The van der Waals surface area contributed by atoms with Crippen molar-refractivity contribution >= 4 is 5.78 Å². The van der Waals surface area contributed by atoms with Crippen molar-refractivity contribution in [2.75, 3.05) is 14.2 Å². The first kappa shape index (κ1) is 22.9. The van der Waals surface area contributed by atoms with E-state index in [2.05, 4.69) is 50.3 Å². The summed E-state index contributed by atoms with van der Waals surface area (Å²) in [7, 11) is 3.25. The van der Waals surface area contributed by atoms with Crippen LogP contribution in [-0.2, 0) is 17.6 Å². The first-order chi connectivity index (χ1) is 15.0. The van der Waals surface area contributed by atoms with Gasteiger partial charge in [-0.15, -0.1) is 0 Å². The van der Waals surface area contributed by atoms with Gasteiger partial charge in [0.1, 0.15) is 17.3 Å². The number of hydrogen-bond acceptors (Lipinski definition) is 3. The van der Waals surface area contributed by atoms with Crippen LogP contribution in [0.2, 0.25) is 0 Å². The number of carbonyl (C=O) groups is 1. The first-order valence-corrected chi connectivity index (χ1v) is 11.2. The molecule has 0 aliphatic heterocycles. The molecule has 0 saturated heterocycles. The van der Waals surface area contributed by atoms with Crippen LogP contribution in [0.4, 0.5) is 0 Å². The predicted molar refractivity (Wildman–Crippen MR) is 127 cm³/mol. The van der Waals surface area contributed by atoms with Crippen molar-refractivity contribution in [3.05, 3.63) is 82.5 Å². The second kappa shape index (κ2) is 11.0. The molecule has 0 amide bonds. The lowest BCUT2D eigenvalue weighted by molar-refractivity contribution is -0.118. The highest BCUT2D eigenvalue weighted by Crippen LogP contribution is 2.35. The molecule has 1 unspecified atom stereocenters. The fraction of sp³-hybridized carbons (Fsp3) is 0.393. The van der Waals surface area contributed by atoms with Crippen molar-refractivity contribution in [3.63, 3.8) is 0 Å². The maximum Gasteiger partial charge on any atom is 0.137 e. The zero-order valence-corrected chi connectivity index (χ0v) is 19.2. The Hall–Kier alpha value is -2.81. The van der Waals surface area contributed by atoms with E-state index in [0.717, 1.165) is 37.0 Å². The molecule has 2 aromatic rings. The molecule has 3 nitrogen and oxygen atoms in total. The molecule has 2 aromatic carbocycles. The number of aryl methyl sites for hydroxylation is 2. The van der Waals surface area contributed by atoms with E-state index in [0.29, 0.717) is 24.5 Å². The Morgan fingerprint density at radius 2 is 1.61 bits per heavy atom. The molecule has 1 aliphatic rings. The highest BCUT2D eigenvalue weighted by molar-refractivity contribution is 5.82. The summed E-state index contributed by atoms with van der Waals surface area (Å²) < 4.78 is 10.7. The van der Waals surface area contributed by atoms with Gasteiger partial charge in [0.05, 0.1) is 14.2 Å². The topological polar surface area (TPSA) is 35.5 Å². The minimum absolute atomic E-state index is 0.243. The number of methoxy groups -OCH3 is 2. The monoisotopic (exact) mass is 418 g/mol. The molecule has 1 atom stereocenters. The van der Waals surface area contributed by atoms with Gasteiger partial charge >= 0.3 is 0 Å². The maximum absolute atomic E-state index is 12.7. The molecule has 0 spiro atoms. The molecule has 3 heteroatoms. The Bertz CT molecular complexity index is 951. The fourth-order valence-corrected chi connectivity index (χ4v) is 4.35. The largest absolute Gasteiger partial charge is 0.497 e. The number of ketones is 1. The summed E-state index contributed by atoms with van der Waals surface area (Å²) in [5.74, 6) is 2.17. The summed E-state index contributed by atoms with van der Waals surface area (Å²) in [6.07, 6.45) is 9.57. The molecule has 0 fully saturated rings. The van der Waals surface area contributed by atoms with Gasteiger partial charge in [-0.3, -0.25) is 4.79 Å². The highest BCUT2D eigenvalue weighted by Gasteiger charge is 2.22. The second-order valence-electron chi connectivity index (χ2n) is 8.32. The second-order valence-corrected chi connectivity index (χ2v) is 8.32. The zero-order chi connectivity index (χ0) is 22.2. The van der Waals surface area contributed by atoms with E-state index < -0.39 is 0 Å². The quantitative estimate of drug-likeness (QED) is 0.422. The van der Waals surface area contributed by atoms with Crippen LogP contribution < -0.4 is 9.47 Å². The normalized spacial score (nSPS) is 15.4. The van der Waals surface area contributed by atoms with E-state index >= 15 is 0 Å². The van der Waals surface area contributed by atoms with Crippen LogP contribution in [-0.4, -0.2) is 20.0 Å². The number of rotatable bonds is 11.